The number of aliphatic carboxylic acids is 1. The predicted molar refractivity (Wildman–Crippen MR) is 130 cm³/mol. The average Bonchev–Trinajstić information content (AvgIpc) is 3.08. The molecule has 2 fully saturated rings. The van der Waals surface area contributed by atoms with Gasteiger partial charge in [0.25, 0.3) is 0 Å². The van der Waals surface area contributed by atoms with Gasteiger partial charge in [-0.05, 0) is 119 Å². The van der Waals surface area contributed by atoms with Gasteiger partial charge < -0.3 is 10.2 Å². The van der Waals surface area contributed by atoms with E-state index in [0.29, 0.717) is 17.8 Å². The van der Waals surface area contributed by atoms with Crippen molar-refractivity contribution < 1.29 is 15.0 Å². The number of carboxylic acid groups (broad SMARTS) is 1. The van der Waals surface area contributed by atoms with E-state index in [2.05, 4.69) is 40.7 Å². The molecule has 0 amide bonds. The van der Waals surface area contributed by atoms with E-state index in [1.54, 1.807) is 11.1 Å². The Labute approximate surface area is 195 Å². The lowest BCUT2D eigenvalue weighted by atomic mass is 9.45. The van der Waals surface area contributed by atoms with Crippen LogP contribution in [0.5, 0.6) is 0 Å². The first kappa shape index (κ1) is 24.0. The Morgan fingerprint density at radius 2 is 1.81 bits per heavy atom. The van der Waals surface area contributed by atoms with Crippen molar-refractivity contribution in [1.82, 2.24) is 0 Å². The van der Waals surface area contributed by atoms with Gasteiger partial charge in [-0.25, -0.2) is 0 Å². The average molecular weight is 443 g/mol. The lowest BCUT2D eigenvalue weighted by molar-refractivity contribution is -0.175. The third-order valence-electron chi connectivity index (χ3n) is 11.0. The fourth-order valence-electron chi connectivity index (χ4n) is 9.08. The maximum atomic E-state index is 12.3. The topological polar surface area (TPSA) is 57.5 Å². The van der Waals surface area contributed by atoms with Crippen molar-refractivity contribution in [1.29, 1.82) is 0 Å². The summed E-state index contributed by atoms with van der Waals surface area (Å²) in [5.41, 5.74) is 4.06. The Bertz CT molecular complexity index is 820. The maximum absolute atomic E-state index is 12.3. The SMILES string of the molecule is CC(C)=CCCC(C)[C@H]1CCC2C3=C(CC[C@@]21C)[C@@]1(C)CC[C@H](O)[C@@](C)(C(=O)O)[C@@H]1CC3. The second-order valence-electron chi connectivity index (χ2n) is 12.7. The van der Waals surface area contributed by atoms with Crippen molar-refractivity contribution in [3.63, 3.8) is 0 Å². The molecule has 0 saturated heterocycles. The lowest BCUT2D eigenvalue weighted by Crippen LogP contribution is -2.58. The van der Waals surface area contributed by atoms with Crippen LogP contribution in [-0.4, -0.2) is 22.3 Å². The lowest BCUT2D eigenvalue weighted by Gasteiger charge is -2.59. The number of carbonyl (C=O) groups is 1. The zero-order chi connectivity index (χ0) is 23.5. The van der Waals surface area contributed by atoms with E-state index < -0.39 is 17.5 Å². The minimum atomic E-state index is -1.02. The molecule has 2 saturated carbocycles. The first-order valence-electron chi connectivity index (χ1n) is 13.2. The van der Waals surface area contributed by atoms with Gasteiger partial charge in [0.1, 0.15) is 0 Å². The Kier molecular flexibility index (Phi) is 6.23. The second-order valence-corrected chi connectivity index (χ2v) is 12.7. The van der Waals surface area contributed by atoms with Gasteiger partial charge in [0.15, 0.2) is 0 Å². The minimum absolute atomic E-state index is 0.0413. The summed E-state index contributed by atoms with van der Waals surface area (Å²) in [5.74, 6) is 1.48. The van der Waals surface area contributed by atoms with Crippen LogP contribution in [-0.2, 0) is 4.79 Å². The second kappa shape index (κ2) is 8.29. The molecule has 3 heteroatoms. The Hall–Kier alpha value is -1.09. The summed E-state index contributed by atoms with van der Waals surface area (Å²) >= 11 is 0. The molecule has 32 heavy (non-hydrogen) atoms. The Morgan fingerprint density at radius 1 is 1.09 bits per heavy atom. The van der Waals surface area contributed by atoms with Crippen molar-refractivity contribution in [2.24, 2.45) is 39.9 Å². The van der Waals surface area contributed by atoms with Gasteiger partial charge in [-0.3, -0.25) is 4.79 Å². The highest BCUT2D eigenvalue weighted by Gasteiger charge is 2.62. The summed E-state index contributed by atoms with van der Waals surface area (Å²) in [7, 11) is 0. The van der Waals surface area contributed by atoms with E-state index in [-0.39, 0.29) is 11.3 Å². The number of aliphatic hydroxyl groups is 1. The number of allylic oxidation sites excluding steroid dienone is 4. The fraction of sp³-hybridized carbons (Fsp3) is 0.828. The fourth-order valence-corrected chi connectivity index (χ4v) is 9.08. The molecule has 0 spiro atoms. The molecule has 0 aromatic rings. The highest BCUT2D eigenvalue weighted by molar-refractivity contribution is 5.76. The molecule has 0 aromatic carbocycles. The number of aliphatic hydroxyl groups excluding tert-OH is 1. The molecular weight excluding hydrogens is 396 g/mol. The molecule has 0 aliphatic heterocycles. The third-order valence-corrected chi connectivity index (χ3v) is 11.0. The van der Waals surface area contributed by atoms with Crippen LogP contribution in [0.4, 0.5) is 0 Å². The van der Waals surface area contributed by atoms with Crippen LogP contribution in [0.15, 0.2) is 22.8 Å². The highest BCUT2D eigenvalue weighted by Crippen LogP contribution is 2.68. The molecule has 0 heterocycles. The Morgan fingerprint density at radius 3 is 2.47 bits per heavy atom. The first-order valence-corrected chi connectivity index (χ1v) is 13.2. The van der Waals surface area contributed by atoms with E-state index in [1.807, 2.05) is 6.92 Å². The summed E-state index contributed by atoms with van der Waals surface area (Å²) < 4.78 is 0. The molecule has 0 aromatic heterocycles. The van der Waals surface area contributed by atoms with Gasteiger partial charge in [0.05, 0.1) is 11.5 Å². The van der Waals surface area contributed by atoms with Crippen molar-refractivity contribution >= 4 is 5.97 Å². The van der Waals surface area contributed by atoms with E-state index in [4.69, 9.17) is 0 Å². The quantitative estimate of drug-likeness (QED) is 0.444. The smallest absolute Gasteiger partial charge is 0.312 e. The van der Waals surface area contributed by atoms with Gasteiger partial charge in [0, 0.05) is 0 Å². The summed E-state index contributed by atoms with van der Waals surface area (Å²) in [6.45, 7) is 13.6. The molecule has 2 N–H and O–H groups in total. The molecule has 0 bridgehead atoms. The summed E-state index contributed by atoms with van der Waals surface area (Å²) in [4.78, 5) is 12.3. The van der Waals surface area contributed by atoms with Crippen LogP contribution in [0.2, 0.25) is 0 Å². The predicted octanol–water partition coefficient (Wildman–Crippen LogP) is 7.15. The summed E-state index contributed by atoms with van der Waals surface area (Å²) in [6.07, 6.45) is 12.7. The summed E-state index contributed by atoms with van der Waals surface area (Å²) in [5, 5.41) is 20.9. The number of fused-ring (bicyclic) bond motifs is 4. The molecule has 2 unspecified atom stereocenters. The monoisotopic (exact) mass is 442 g/mol. The molecule has 180 valence electrons. The van der Waals surface area contributed by atoms with Gasteiger partial charge >= 0.3 is 5.97 Å². The normalized spacial score (nSPS) is 44.3. The zero-order valence-corrected chi connectivity index (χ0v) is 21.3. The van der Waals surface area contributed by atoms with Crippen LogP contribution in [0.25, 0.3) is 0 Å². The minimum Gasteiger partial charge on any atom is -0.481 e. The van der Waals surface area contributed by atoms with Gasteiger partial charge in [-0.15, -0.1) is 0 Å². The number of carboxylic acids is 1. The summed E-state index contributed by atoms with van der Waals surface area (Å²) in [6, 6.07) is 0. The van der Waals surface area contributed by atoms with Crippen LogP contribution in [0.3, 0.4) is 0 Å². The first-order chi connectivity index (χ1) is 15.0. The van der Waals surface area contributed by atoms with Crippen molar-refractivity contribution in [3.05, 3.63) is 22.8 Å². The third kappa shape index (κ3) is 3.44. The van der Waals surface area contributed by atoms with E-state index in [0.717, 1.165) is 37.5 Å². The van der Waals surface area contributed by atoms with Crippen LogP contribution >= 0.6 is 0 Å². The van der Waals surface area contributed by atoms with Gasteiger partial charge in [0.2, 0.25) is 0 Å². The van der Waals surface area contributed by atoms with E-state index >= 15 is 0 Å². The van der Waals surface area contributed by atoms with E-state index in [1.165, 1.54) is 37.7 Å². The molecule has 3 nitrogen and oxygen atoms in total. The van der Waals surface area contributed by atoms with E-state index in [9.17, 15) is 15.0 Å². The highest BCUT2D eigenvalue weighted by atomic mass is 16.4. The Balaban J connectivity index is 1.62. The molecule has 4 aliphatic carbocycles. The van der Waals surface area contributed by atoms with Crippen LogP contribution < -0.4 is 0 Å². The van der Waals surface area contributed by atoms with Crippen molar-refractivity contribution in [3.8, 4) is 0 Å². The zero-order valence-electron chi connectivity index (χ0n) is 21.3. The van der Waals surface area contributed by atoms with Gasteiger partial charge in [-0.2, -0.15) is 0 Å². The van der Waals surface area contributed by atoms with Crippen molar-refractivity contribution in [2.45, 2.75) is 112 Å². The number of hydrogen-bond donors (Lipinski definition) is 2. The molecular formula is C29H46O3. The molecule has 0 radical (unpaired) electrons. The van der Waals surface area contributed by atoms with Crippen LogP contribution in [0, 0.1) is 39.9 Å². The molecule has 8 atom stereocenters. The largest absolute Gasteiger partial charge is 0.481 e. The molecule has 4 aliphatic rings. The van der Waals surface area contributed by atoms with Crippen LogP contribution in [0.1, 0.15) is 106 Å². The number of rotatable bonds is 5. The standard InChI is InChI=1S/C29H46O3/c1-18(2)8-7-9-19(3)21-11-12-22-20-10-13-24-28(5,23(20)14-16-27(21,22)4)17-15-25(30)29(24,6)26(31)32/h8,19,21-22,24-25,30H,7,9-17H2,1-6H3,(H,31,32)/t19?,21-,22?,24-,25+,27-,28-,29+/m1/s1. The van der Waals surface area contributed by atoms with Crippen molar-refractivity contribution in [2.75, 3.05) is 0 Å². The maximum Gasteiger partial charge on any atom is 0.312 e. The molecule has 4 rings (SSSR count). The number of hydrogen-bond acceptors (Lipinski definition) is 2. The van der Waals surface area contributed by atoms with Gasteiger partial charge in [-0.1, -0.05) is 43.6 Å².